The van der Waals surface area contributed by atoms with Gasteiger partial charge in [0.25, 0.3) is 0 Å². The predicted octanol–water partition coefficient (Wildman–Crippen LogP) is 1.70. The monoisotopic (exact) mass is 211 g/mol. The van der Waals surface area contributed by atoms with Crippen molar-refractivity contribution in [2.24, 2.45) is 5.73 Å². The molecule has 15 heavy (non-hydrogen) atoms. The van der Waals surface area contributed by atoms with Gasteiger partial charge in [-0.1, -0.05) is 12.1 Å². The van der Waals surface area contributed by atoms with Crippen molar-refractivity contribution in [1.82, 2.24) is 0 Å². The van der Waals surface area contributed by atoms with E-state index < -0.39 is 17.8 Å². The van der Waals surface area contributed by atoms with Crippen LogP contribution >= 0.6 is 0 Å². The van der Waals surface area contributed by atoms with Crippen LogP contribution in [0.3, 0.4) is 0 Å². The first-order valence-electron chi connectivity index (χ1n) is 4.74. The number of carbonyl (C=O) groups is 1. The number of benzene rings is 1. The Balaban J connectivity index is 2.91. The van der Waals surface area contributed by atoms with Gasteiger partial charge in [0.2, 0.25) is 0 Å². The minimum absolute atomic E-state index is 0.166. The summed E-state index contributed by atoms with van der Waals surface area (Å²) in [6.45, 7) is 3.68. The van der Waals surface area contributed by atoms with Crippen LogP contribution in [0, 0.1) is 12.7 Å². The highest BCUT2D eigenvalue weighted by molar-refractivity contribution is 5.77. The molecule has 1 rings (SSSR count). The zero-order valence-electron chi connectivity index (χ0n) is 8.79. The molecule has 0 aromatic heterocycles. The van der Waals surface area contributed by atoms with Gasteiger partial charge in [-0.15, -0.1) is 0 Å². The minimum Gasteiger partial charge on any atom is -0.465 e. The van der Waals surface area contributed by atoms with Crippen LogP contribution in [-0.4, -0.2) is 12.6 Å². The maximum Gasteiger partial charge on any atom is 0.327 e. The highest BCUT2D eigenvalue weighted by Gasteiger charge is 2.20. The number of aryl methyl sites for hydroxylation is 1. The summed E-state index contributed by atoms with van der Waals surface area (Å²) < 4.78 is 18.1. The number of halogens is 1. The fourth-order valence-corrected chi connectivity index (χ4v) is 1.24. The number of esters is 1. The highest BCUT2D eigenvalue weighted by Crippen LogP contribution is 2.17. The van der Waals surface area contributed by atoms with Gasteiger partial charge in [0.15, 0.2) is 0 Å². The molecule has 0 aliphatic heterocycles. The van der Waals surface area contributed by atoms with E-state index in [0.717, 1.165) is 5.56 Å². The molecule has 0 saturated heterocycles. The lowest BCUT2D eigenvalue weighted by molar-refractivity contribution is -0.144. The number of hydrogen-bond donors (Lipinski definition) is 1. The number of nitrogens with two attached hydrogens (primary N) is 1. The molecule has 0 aliphatic carbocycles. The van der Waals surface area contributed by atoms with E-state index in [4.69, 9.17) is 10.5 Å². The lowest BCUT2D eigenvalue weighted by Crippen LogP contribution is -2.24. The molecular weight excluding hydrogens is 197 g/mol. The van der Waals surface area contributed by atoms with Crippen LogP contribution < -0.4 is 5.73 Å². The Morgan fingerprint density at radius 1 is 1.60 bits per heavy atom. The van der Waals surface area contributed by atoms with Crippen LogP contribution in [0.1, 0.15) is 24.1 Å². The summed E-state index contributed by atoms with van der Waals surface area (Å²) in [6, 6.07) is 3.50. The molecule has 82 valence electrons. The fraction of sp³-hybridized carbons (Fsp3) is 0.364. The van der Waals surface area contributed by atoms with Gasteiger partial charge in [-0.05, 0) is 25.5 Å². The first-order valence-corrected chi connectivity index (χ1v) is 4.74. The summed E-state index contributed by atoms with van der Waals surface area (Å²) in [5.74, 6) is -1.09. The zero-order valence-corrected chi connectivity index (χ0v) is 8.79. The molecule has 0 fully saturated rings. The Labute approximate surface area is 88.0 Å². The number of carbonyl (C=O) groups excluding carboxylic acids is 1. The molecule has 1 aromatic carbocycles. The number of hydrogen-bond acceptors (Lipinski definition) is 3. The van der Waals surface area contributed by atoms with Crippen LogP contribution in [0.2, 0.25) is 0 Å². The molecule has 0 heterocycles. The van der Waals surface area contributed by atoms with Crippen molar-refractivity contribution >= 4 is 5.97 Å². The van der Waals surface area contributed by atoms with Gasteiger partial charge in [-0.3, -0.25) is 0 Å². The van der Waals surface area contributed by atoms with Crippen molar-refractivity contribution < 1.29 is 13.9 Å². The molecular formula is C11H14FNO2. The van der Waals surface area contributed by atoms with E-state index >= 15 is 0 Å². The molecule has 0 saturated carbocycles. The van der Waals surface area contributed by atoms with Crippen molar-refractivity contribution in [3.63, 3.8) is 0 Å². The van der Waals surface area contributed by atoms with E-state index in [2.05, 4.69) is 0 Å². The third-order valence-corrected chi connectivity index (χ3v) is 2.03. The second-order valence-corrected chi connectivity index (χ2v) is 3.25. The van der Waals surface area contributed by atoms with Gasteiger partial charge in [0.1, 0.15) is 11.9 Å². The first kappa shape index (κ1) is 11.7. The number of ether oxygens (including phenoxy) is 1. The van der Waals surface area contributed by atoms with E-state index in [-0.39, 0.29) is 12.2 Å². The SMILES string of the molecule is CCOC(=O)C(N)c1ccc(C)cc1F. The average molecular weight is 211 g/mol. The second kappa shape index (κ2) is 4.89. The maximum absolute atomic E-state index is 13.4. The summed E-state index contributed by atoms with van der Waals surface area (Å²) in [5.41, 5.74) is 6.51. The Kier molecular flexibility index (Phi) is 3.80. The molecule has 0 aliphatic rings. The maximum atomic E-state index is 13.4. The molecule has 1 atom stereocenters. The normalized spacial score (nSPS) is 12.3. The molecule has 0 bridgehead atoms. The third-order valence-electron chi connectivity index (χ3n) is 2.03. The lowest BCUT2D eigenvalue weighted by atomic mass is 10.1. The van der Waals surface area contributed by atoms with Crippen molar-refractivity contribution in [3.05, 3.63) is 35.1 Å². The van der Waals surface area contributed by atoms with Gasteiger partial charge >= 0.3 is 5.97 Å². The van der Waals surface area contributed by atoms with Crippen molar-refractivity contribution in [2.75, 3.05) is 6.61 Å². The van der Waals surface area contributed by atoms with Crippen molar-refractivity contribution in [3.8, 4) is 0 Å². The molecule has 0 radical (unpaired) electrons. The van der Waals surface area contributed by atoms with Gasteiger partial charge in [-0.2, -0.15) is 0 Å². The Hall–Kier alpha value is -1.42. The number of rotatable bonds is 3. The van der Waals surface area contributed by atoms with Crippen molar-refractivity contribution in [2.45, 2.75) is 19.9 Å². The van der Waals surface area contributed by atoms with Gasteiger partial charge in [-0.25, -0.2) is 9.18 Å². The van der Waals surface area contributed by atoms with E-state index in [1.54, 1.807) is 19.9 Å². The molecule has 3 nitrogen and oxygen atoms in total. The smallest absolute Gasteiger partial charge is 0.327 e. The minimum atomic E-state index is -1.05. The second-order valence-electron chi connectivity index (χ2n) is 3.25. The summed E-state index contributed by atoms with van der Waals surface area (Å²) in [7, 11) is 0. The Bertz CT molecular complexity index is 366. The Morgan fingerprint density at radius 2 is 2.27 bits per heavy atom. The van der Waals surface area contributed by atoms with Crippen LogP contribution in [-0.2, 0) is 9.53 Å². The van der Waals surface area contributed by atoms with Gasteiger partial charge in [0.05, 0.1) is 6.61 Å². The van der Waals surface area contributed by atoms with Crippen molar-refractivity contribution in [1.29, 1.82) is 0 Å². The molecule has 1 unspecified atom stereocenters. The molecule has 4 heteroatoms. The van der Waals surface area contributed by atoms with Crippen LogP contribution in [0.15, 0.2) is 18.2 Å². The highest BCUT2D eigenvalue weighted by atomic mass is 19.1. The summed E-state index contributed by atoms with van der Waals surface area (Å²) in [5, 5.41) is 0. The quantitative estimate of drug-likeness (QED) is 0.774. The predicted molar refractivity (Wildman–Crippen MR) is 54.7 cm³/mol. The average Bonchev–Trinajstić information content (AvgIpc) is 2.17. The Morgan fingerprint density at radius 3 is 2.80 bits per heavy atom. The summed E-state index contributed by atoms with van der Waals surface area (Å²) >= 11 is 0. The van der Waals surface area contributed by atoms with E-state index in [1.165, 1.54) is 12.1 Å². The summed E-state index contributed by atoms with van der Waals surface area (Å²) in [4.78, 5) is 11.3. The molecule has 0 spiro atoms. The fourth-order valence-electron chi connectivity index (χ4n) is 1.24. The van der Waals surface area contributed by atoms with E-state index in [9.17, 15) is 9.18 Å². The van der Waals surface area contributed by atoms with E-state index in [1.807, 2.05) is 0 Å². The topological polar surface area (TPSA) is 52.3 Å². The third kappa shape index (κ3) is 2.76. The van der Waals surface area contributed by atoms with Gasteiger partial charge < -0.3 is 10.5 Å². The molecule has 0 amide bonds. The van der Waals surface area contributed by atoms with Crippen LogP contribution in [0.4, 0.5) is 4.39 Å². The molecule has 2 N–H and O–H groups in total. The molecule has 1 aromatic rings. The van der Waals surface area contributed by atoms with Crippen LogP contribution in [0.25, 0.3) is 0 Å². The first-order chi connectivity index (χ1) is 7.06. The summed E-state index contributed by atoms with van der Waals surface area (Å²) in [6.07, 6.45) is 0. The zero-order chi connectivity index (χ0) is 11.4. The largest absolute Gasteiger partial charge is 0.465 e. The standard InChI is InChI=1S/C11H14FNO2/c1-3-15-11(14)10(13)8-5-4-7(2)6-9(8)12/h4-6,10H,3,13H2,1-2H3. The van der Waals surface area contributed by atoms with Gasteiger partial charge in [0, 0.05) is 5.56 Å². The van der Waals surface area contributed by atoms with Crippen LogP contribution in [0.5, 0.6) is 0 Å². The lowest BCUT2D eigenvalue weighted by Gasteiger charge is -2.11. The van der Waals surface area contributed by atoms with E-state index in [0.29, 0.717) is 0 Å².